The number of nitrogens with zero attached hydrogens (tertiary/aromatic N) is 1. The first-order chi connectivity index (χ1) is 11.1. The number of hydrogen-bond donors (Lipinski definition) is 2. The summed E-state index contributed by atoms with van der Waals surface area (Å²) in [5.41, 5.74) is 1.55. The van der Waals surface area contributed by atoms with Crippen molar-refractivity contribution in [3.8, 4) is 0 Å². The van der Waals surface area contributed by atoms with E-state index in [1.807, 2.05) is 6.07 Å². The van der Waals surface area contributed by atoms with Gasteiger partial charge in [0.05, 0.1) is 6.04 Å². The number of carbonyl (C=O) groups excluding carboxylic acids is 1. The number of hydrogen-bond acceptors (Lipinski definition) is 4. The molecule has 4 nitrogen and oxygen atoms in total. The Labute approximate surface area is 151 Å². The van der Waals surface area contributed by atoms with Crippen LogP contribution in [0.3, 0.4) is 0 Å². The minimum atomic E-state index is -0.191. The Bertz CT molecular complexity index is 701. The molecular weight excluding hydrogens is 349 g/mol. The quantitative estimate of drug-likeness (QED) is 0.864. The van der Waals surface area contributed by atoms with E-state index in [9.17, 15) is 9.18 Å². The van der Waals surface area contributed by atoms with Crippen molar-refractivity contribution in [3.05, 3.63) is 46.2 Å². The predicted octanol–water partition coefficient (Wildman–Crippen LogP) is 3.68. The average molecular weight is 370 g/mol. The zero-order chi connectivity index (χ0) is 16.2. The van der Waals surface area contributed by atoms with E-state index in [1.165, 1.54) is 11.3 Å². The molecule has 1 aliphatic heterocycles. The Morgan fingerprint density at radius 3 is 3.00 bits per heavy atom. The standard InChI is InChI=1S/C17H20FN3OS.ClH/c1-11-5-6-12(9-14(11)18)8-13-10-20-17(23-13)21-16(22)15-4-2-3-7-19-15;/h5-6,9-10,15,19H,2-4,7-8H2,1H3,(H,20,21,22);1H/t15-;/m0./s1. The monoisotopic (exact) mass is 369 g/mol. The molecule has 1 amide bonds. The lowest BCUT2D eigenvalue weighted by molar-refractivity contribution is -0.118. The average Bonchev–Trinajstić information content (AvgIpc) is 2.99. The van der Waals surface area contributed by atoms with Crippen LogP contribution in [0.25, 0.3) is 0 Å². The summed E-state index contributed by atoms with van der Waals surface area (Å²) in [4.78, 5) is 17.4. The topological polar surface area (TPSA) is 54.0 Å². The van der Waals surface area contributed by atoms with Crippen molar-refractivity contribution in [2.75, 3.05) is 11.9 Å². The maximum Gasteiger partial charge on any atom is 0.243 e. The highest BCUT2D eigenvalue weighted by atomic mass is 35.5. The molecular formula is C17H21ClFN3OS. The van der Waals surface area contributed by atoms with Gasteiger partial charge < -0.3 is 10.6 Å². The molecule has 1 aromatic heterocycles. The number of piperidine rings is 1. The van der Waals surface area contributed by atoms with Gasteiger partial charge >= 0.3 is 0 Å². The van der Waals surface area contributed by atoms with Gasteiger partial charge in [-0.2, -0.15) is 0 Å². The molecule has 0 spiro atoms. The Morgan fingerprint density at radius 1 is 1.46 bits per heavy atom. The van der Waals surface area contributed by atoms with E-state index in [4.69, 9.17) is 0 Å². The van der Waals surface area contributed by atoms with Gasteiger partial charge in [-0.15, -0.1) is 23.7 Å². The normalized spacial score (nSPS) is 17.2. The van der Waals surface area contributed by atoms with Crippen molar-refractivity contribution >= 4 is 34.8 Å². The summed E-state index contributed by atoms with van der Waals surface area (Å²) in [5, 5.41) is 6.69. The van der Waals surface area contributed by atoms with Gasteiger partial charge in [0.25, 0.3) is 0 Å². The van der Waals surface area contributed by atoms with Gasteiger partial charge in [-0.25, -0.2) is 9.37 Å². The van der Waals surface area contributed by atoms with Gasteiger partial charge in [0.2, 0.25) is 5.91 Å². The highest BCUT2D eigenvalue weighted by Gasteiger charge is 2.21. The smallest absolute Gasteiger partial charge is 0.243 e. The maximum atomic E-state index is 13.6. The van der Waals surface area contributed by atoms with Crippen LogP contribution in [0, 0.1) is 12.7 Å². The molecule has 0 saturated carbocycles. The van der Waals surface area contributed by atoms with Crippen LogP contribution in [0.1, 0.15) is 35.3 Å². The second-order valence-electron chi connectivity index (χ2n) is 5.88. The fourth-order valence-electron chi connectivity index (χ4n) is 2.66. The van der Waals surface area contributed by atoms with Crippen molar-refractivity contribution in [1.82, 2.24) is 10.3 Å². The molecule has 1 atom stereocenters. The number of aryl methyl sites for hydroxylation is 1. The number of thiazole rings is 1. The Balaban J connectivity index is 0.00000208. The molecule has 1 aromatic carbocycles. The third kappa shape index (κ3) is 4.75. The molecule has 1 aliphatic rings. The van der Waals surface area contributed by atoms with Crippen molar-refractivity contribution in [1.29, 1.82) is 0 Å². The summed E-state index contributed by atoms with van der Waals surface area (Å²) in [6, 6.07) is 5.13. The number of carbonyl (C=O) groups is 1. The number of nitrogens with one attached hydrogen (secondary N) is 2. The molecule has 0 bridgehead atoms. The second kappa shape index (κ2) is 8.55. The molecule has 2 N–H and O–H groups in total. The summed E-state index contributed by atoms with van der Waals surface area (Å²) in [5.74, 6) is -0.212. The minimum Gasteiger partial charge on any atom is -0.306 e. The lowest BCUT2D eigenvalue weighted by Crippen LogP contribution is -2.43. The minimum absolute atomic E-state index is 0. The van der Waals surface area contributed by atoms with E-state index in [0.29, 0.717) is 17.1 Å². The van der Waals surface area contributed by atoms with E-state index in [1.54, 1.807) is 25.3 Å². The zero-order valence-corrected chi connectivity index (χ0v) is 15.1. The van der Waals surface area contributed by atoms with Crippen LogP contribution in [0.15, 0.2) is 24.4 Å². The van der Waals surface area contributed by atoms with Crippen LogP contribution < -0.4 is 10.6 Å². The van der Waals surface area contributed by atoms with Gasteiger partial charge in [-0.3, -0.25) is 4.79 Å². The fourth-order valence-corrected chi connectivity index (χ4v) is 3.51. The molecule has 7 heteroatoms. The Hall–Kier alpha value is -1.50. The molecule has 24 heavy (non-hydrogen) atoms. The van der Waals surface area contributed by atoms with Crippen molar-refractivity contribution in [2.45, 2.75) is 38.6 Å². The Morgan fingerprint density at radius 2 is 2.29 bits per heavy atom. The van der Waals surface area contributed by atoms with Gasteiger partial charge in [0, 0.05) is 17.5 Å². The Kier molecular flexibility index (Phi) is 6.71. The summed E-state index contributed by atoms with van der Waals surface area (Å²) >= 11 is 1.44. The van der Waals surface area contributed by atoms with Crippen LogP contribution in [-0.2, 0) is 11.2 Å². The molecule has 2 aromatic rings. The van der Waals surface area contributed by atoms with Crippen LogP contribution in [-0.4, -0.2) is 23.5 Å². The third-order valence-electron chi connectivity index (χ3n) is 4.03. The van der Waals surface area contributed by atoms with E-state index in [0.717, 1.165) is 36.2 Å². The number of benzene rings is 1. The van der Waals surface area contributed by atoms with E-state index >= 15 is 0 Å². The number of aromatic nitrogens is 1. The summed E-state index contributed by atoms with van der Waals surface area (Å²) in [6.45, 7) is 2.64. The van der Waals surface area contributed by atoms with Gasteiger partial charge in [0.15, 0.2) is 5.13 Å². The zero-order valence-electron chi connectivity index (χ0n) is 13.5. The van der Waals surface area contributed by atoms with Crippen LogP contribution >= 0.6 is 23.7 Å². The van der Waals surface area contributed by atoms with Crippen molar-refractivity contribution in [3.63, 3.8) is 0 Å². The largest absolute Gasteiger partial charge is 0.306 e. The third-order valence-corrected chi connectivity index (χ3v) is 4.94. The predicted molar refractivity (Wildman–Crippen MR) is 97.6 cm³/mol. The van der Waals surface area contributed by atoms with E-state index in [2.05, 4.69) is 15.6 Å². The fraction of sp³-hybridized carbons (Fsp3) is 0.412. The molecule has 2 heterocycles. The molecule has 0 aliphatic carbocycles. The van der Waals surface area contributed by atoms with Crippen LogP contribution in [0.4, 0.5) is 9.52 Å². The number of rotatable bonds is 4. The lowest BCUT2D eigenvalue weighted by Gasteiger charge is -2.21. The summed E-state index contributed by atoms with van der Waals surface area (Å²) in [7, 11) is 0. The first kappa shape index (κ1) is 18.8. The number of amides is 1. The van der Waals surface area contributed by atoms with E-state index in [-0.39, 0.29) is 30.2 Å². The molecule has 3 rings (SSSR count). The molecule has 0 radical (unpaired) electrons. The van der Waals surface area contributed by atoms with Crippen LogP contribution in [0.5, 0.6) is 0 Å². The highest BCUT2D eigenvalue weighted by Crippen LogP contribution is 2.22. The van der Waals surface area contributed by atoms with Crippen molar-refractivity contribution < 1.29 is 9.18 Å². The summed E-state index contributed by atoms with van der Waals surface area (Å²) in [6.07, 6.45) is 5.43. The van der Waals surface area contributed by atoms with Gasteiger partial charge in [-0.05, 0) is 43.5 Å². The number of anilines is 1. The first-order valence-corrected chi connectivity index (χ1v) is 8.67. The number of halogens is 2. The summed E-state index contributed by atoms with van der Waals surface area (Å²) < 4.78 is 13.6. The first-order valence-electron chi connectivity index (χ1n) is 7.86. The van der Waals surface area contributed by atoms with E-state index < -0.39 is 0 Å². The van der Waals surface area contributed by atoms with Gasteiger partial charge in [0.1, 0.15) is 5.82 Å². The maximum absolute atomic E-state index is 13.6. The van der Waals surface area contributed by atoms with Gasteiger partial charge in [-0.1, -0.05) is 18.6 Å². The second-order valence-corrected chi connectivity index (χ2v) is 7.00. The van der Waals surface area contributed by atoms with Crippen LogP contribution in [0.2, 0.25) is 0 Å². The SMILES string of the molecule is Cc1ccc(Cc2cnc(NC(=O)[C@@H]3CCCCN3)s2)cc1F.Cl. The molecule has 1 fully saturated rings. The molecule has 130 valence electrons. The molecule has 0 unspecified atom stereocenters. The highest BCUT2D eigenvalue weighted by molar-refractivity contribution is 7.15. The molecule has 1 saturated heterocycles. The lowest BCUT2D eigenvalue weighted by atomic mass is 10.0. The van der Waals surface area contributed by atoms with Crippen molar-refractivity contribution in [2.24, 2.45) is 0 Å².